The minimum atomic E-state index is -0.946. The highest BCUT2D eigenvalue weighted by Gasteiger charge is 2.12. The molecule has 0 fully saturated rings. The second-order valence-electron chi connectivity index (χ2n) is 6.51. The predicted octanol–water partition coefficient (Wildman–Crippen LogP) is 4.42. The zero-order chi connectivity index (χ0) is 19.5. The molecule has 1 atom stereocenters. The first-order chi connectivity index (χ1) is 13.6. The smallest absolute Gasteiger partial charge is 0.161 e. The maximum absolute atomic E-state index is 13.5. The summed E-state index contributed by atoms with van der Waals surface area (Å²) < 4.78 is 34.0. The molecule has 0 radical (unpaired) electrons. The molecule has 1 aromatic heterocycles. The van der Waals surface area contributed by atoms with Crippen LogP contribution < -0.4 is 4.74 Å². The standard InChI is InChI=1S/C22H18F2N2O2/c23-19-10-21-22(11-20(19)24)26(14-25-21)12-17(27)13-28-18-8-6-16(7-9-18)15-4-2-1-3-5-15/h1-11,14,17,27H,12-13H2/t17-/m1/s1. The topological polar surface area (TPSA) is 47.3 Å². The van der Waals surface area contributed by atoms with E-state index in [0.29, 0.717) is 16.8 Å². The molecule has 0 saturated carbocycles. The van der Waals surface area contributed by atoms with Gasteiger partial charge >= 0.3 is 0 Å². The molecular formula is C22H18F2N2O2. The molecule has 1 heterocycles. The van der Waals surface area contributed by atoms with Gasteiger partial charge in [0.15, 0.2) is 11.6 Å². The average molecular weight is 380 g/mol. The van der Waals surface area contributed by atoms with Gasteiger partial charge in [0.25, 0.3) is 0 Å². The van der Waals surface area contributed by atoms with Crippen LogP contribution in [0.3, 0.4) is 0 Å². The number of nitrogens with zero attached hydrogens (tertiary/aromatic N) is 2. The summed E-state index contributed by atoms with van der Waals surface area (Å²) in [4.78, 5) is 4.03. The summed E-state index contributed by atoms with van der Waals surface area (Å²) in [6.45, 7) is 0.220. The van der Waals surface area contributed by atoms with Crippen molar-refractivity contribution < 1.29 is 18.6 Å². The van der Waals surface area contributed by atoms with Crippen LogP contribution in [0.1, 0.15) is 0 Å². The van der Waals surface area contributed by atoms with E-state index in [1.165, 1.54) is 6.33 Å². The Morgan fingerprint density at radius 2 is 1.61 bits per heavy atom. The van der Waals surface area contributed by atoms with E-state index < -0.39 is 17.7 Å². The summed E-state index contributed by atoms with van der Waals surface area (Å²) >= 11 is 0. The van der Waals surface area contributed by atoms with Gasteiger partial charge in [-0.15, -0.1) is 0 Å². The highest BCUT2D eigenvalue weighted by molar-refractivity contribution is 5.75. The third-order valence-electron chi connectivity index (χ3n) is 4.47. The molecule has 4 rings (SSSR count). The van der Waals surface area contributed by atoms with Crippen molar-refractivity contribution in [1.29, 1.82) is 0 Å². The van der Waals surface area contributed by atoms with Crippen LogP contribution in [0.4, 0.5) is 8.78 Å². The van der Waals surface area contributed by atoms with Crippen LogP contribution in [0.5, 0.6) is 5.75 Å². The Hall–Kier alpha value is -3.25. The van der Waals surface area contributed by atoms with Gasteiger partial charge in [-0.25, -0.2) is 13.8 Å². The number of fused-ring (bicyclic) bond motifs is 1. The van der Waals surface area contributed by atoms with Crippen LogP contribution in [-0.2, 0) is 6.54 Å². The van der Waals surface area contributed by atoms with Crippen molar-refractivity contribution in [3.63, 3.8) is 0 Å². The molecule has 4 aromatic rings. The van der Waals surface area contributed by atoms with E-state index in [2.05, 4.69) is 4.98 Å². The first kappa shape index (κ1) is 18.1. The number of ether oxygens (including phenoxy) is 1. The third-order valence-corrected chi connectivity index (χ3v) is 4.47. The van der Waals surface area contributed by atoms with Gasteiger partial charge in [-0.2, -0.15) is 0 Å². The number of hydrogen-bond acceptors (Lipinski definition) is 3. The van der Waals surface area contributed by atoms with Crippen LogP contribution in [0.15, 0.2) is 73.1 Å². The van der Waals surface area contributed by atoms with E-state index in [1.54, 1.807) is 4.57 Å². The first-order valence-corrected chi connectivity index (χ1v) is 8.86. The molecule has 3 aromatic carbocycles. The maximum atomic E-state index is 13.5. The van der Waals surface area contributed by atoms with Crippen molar-refractivity contribution in [1.82, 2.24) is 9.55 Å². The number of aliphatic hydroxyl groups is 1. The number of aromatic nitrogens is 2. The molecule has 0 unspecified atom stereocenters. The third kappa shape index (κ3) is 3.87. The second-order valence-corrected chi connectivity index (χ2v) is 6.51. The molecule has 142 valence electrons. The number of imidazole rings is 1. The number of halogens is 2. The van der Waals surface area contributed by atoms with E-state index in [4.69, 9.17) is 4.74 Å². The fourth-order valence-electron chi connectivity index (χ4n) is 3.05. The lowest BCUT2D eigenvalue weighted by molar-refractivity contribution is 0.0934. The Balaban J connectivity index is 1.38. The fraction of sp³-hybridized carbons (Fsp3) is 0.136. The van der Waals surface area contributed by atoms with E-state index in [9.17, 15) is 13.9 Å². The highest BCUT2D eigenvalue weighted by Crippen LogP contribution is 2.22. The van der Waals surface area contributed by atoms with Crippen LogP contribution in [-0.4, -0.2) is 27.4 Å². The first-order valence-electron chi connectivity index (χ1n) is 8.86. The lowest BCUT2D eigenvalue weighted by atomic mass is 10.1. The molecule has 0 bridgehead atoms. The van der Waals surface area contributed by atoms with Gasteiger partial charge in [0.2, 0.25) is 0 Å². The zero-order valence-electron chi connectivity index (χ0n) is 14.9. The molecule has 0 saturated heterocycles. The number of rotatable bonds is 6. The summed E-state index contributed by atoms with van der Waals surface area (Å²) in [5.74, 6) is -1.25. The molecule has 0 aliphatic carbocycles. The number of aliphatic hydroxyl groups excluding tert-OH is 1. The molecular weight excluding hydrogens is 362 g/mol. The summed E-state index contributed by atoms with van der Waals surface area (Å²) in [6.07, 6.45) is 0.612. The van der Waals surface area contributed by atoms with Crippen molar-refractivity contribution in [2.24, 2.45) is 0 Å². The van der Waals surface area contributed by atoms with E-state index >= 15 is 0 Å². The predicted molar refractivity (Wildman–Crippen MR) is 103 cm³/mol. The van der Waals surface area contributed by atoms with Crippen LogP contribution in [0.25, 0.3) is 22.2 Å². The largest absolute Gasteiger partial charge is 0.491 e. The molecule has 0 aliphatic heterocycles. The fourth-order valence-corrected chi connectivity index (χ4v) is 3.05. The summed E-state index contributed by atoms with van der Waals surface area (Å²) in [6, 6.07) is 19.7. The Kier molecular flexibility index (Phi) is 5.04. The van der Waals surface area contributed by atoms with Crippen molar-refractivity contribution in [3.8, 4) is 16.9 Å². The van der Waals surface area contributed by atoms with Crippen molar-refractivity contribution in [3.05, 3.63) is 84.7 Å². The Labute approximate surface area is 160 Å². The number of benzene rings is 3. The summed E-state index contributed by atoms with van der Waals surface area (Å²) in [5.41, 5.74) is 2.95. The monoisotopic (exact) mass is 380 g/mol. The summed E-state index contributed by atoms with van der Waals surface area (Å²) in [5, 5.41) is 10.3. The van der Waals surface area contributed by atoms with Gasteiger partial charge in [0, 0.05) is 12.1 Å². The summed E-state index contributed by atoms with van der Waals surface area (Å²) in [7, 11) is 0. The molecule has 0 aliphatic rings. The van der Waals surface area contributed by atoms with Crippen molar-refractivity contribution >= 4 is 11.0 Å². The van der Waals surface area contributed by atoms with Gasteiger partial charge in [-0.1, -0.05) is 42.5 Å². The average Bonchev–Trinajstić information content (AvgIpc) is 3.09. The Bertz CT molecular complexity index is 1080. The highest BCUT2D eigenvalue weighted by atomic mass is 19.2. The van der Waals surface area contributed by atoms with Crippen LogP contribution in [0, 0.1) is 11.6 Å². The molecule has 28 heavy (non-hydrogen) atoms. The van der Waals surface area contributed by atoms with Crippen molar-refractivity contribution in [2.75, 3.05) is 6.61 Å². The van der Waals surface area contributed by atoms with Gasteiger partial charge in [-0.05, 0) is 23.3 Å². The van der Waals surface area contributed by atoms with Gasteiger partial charge in [0.1, 0.15) is 18.5 Å². The van der Waals surface area contributed by atoms with Gasteiger partial charge in [0.05, 0.1) is 23.9 Å². The normalized spacial score (nSPS) is 12.2. The number of hydrogen-bond donors (Lipinski definition) is 1. The van der Waals surface area contributed by atoms with Gasteiger partial charge in [-0.3, -0.25) is 0 Å². The van der Waals surface area contributed by atoms with Gasteiger partial charge < -0.3 is 14.4 Å². The minimum absolute atomic E-state index is 0.0635. The molecule has 0 spiro atoms. The molecule has 0 amide bonds. The van der Waals surface area contributed by atoms with Crippen molar-refractivity contribution in [2.45, 2.75) is 12.6 Å². The molecule has 6 heteroatoms. The Morgan fingerprint density at radius 1 is 0.929 bits per heavy atom. The zero-order valence-corrected chi connectivity index (χ0v) is 14.9. The second kappa shape index (κ2) is 7.78. The van der Waals surface area contributed by atoms with E-state index in [-0.39, 0.29) is 13.2 Å². The lowest BCUT2D eigenvalue weighted by Crippen LogP contribution is -2.23. The lowest BCUT2D eigenvalue weighted by Gasteiger charge is -2.14. The molecule has 1 N–H and O–H groups in total. The molecule has 4 nitrogen and oxygen atoms in total. The van der Waals surface area contributed by atoms with Crippen LogP contribution >= 0.6 is 0 Å². The van der Waals surface area contributed by atoms with E-state index in [0.717, 1.165) is 23.3 Å². The van der Waals surface area contributed by atoms with Crippen LogP contribution in [0.2, 0.25) is 0 Å². The maximum Gasteiger partial charge on any atom is 0.161 e. The SMILES string of the molecule is O[C@@H](COc1ccc(-c2ccccc2)cc1)Cn1cnc2cc(F)c(F)cc21. The quantitative estimate of drug-likeness (QED) is 0.539. The Morgan fingerprint density at radius 3 is 2.36 bits per heavy atom. The minimum Gasteiger partial charge on any atom is -0.491 e. The van der Waals surface area contributed by atoms with E-state index in [1.807, 2.05) is 54.6 Å².